The van der Waals surface area contributed by atoms with Crippen molar-refractivity contribution in [1.29, 1.82) is 0 Å². The van der Waals surface area contributed by atoms with E-state index in [1.54, 1.807) is 0 Å². The largest absolute Gasteiger partial charge is 0.321 e. The quantitative estimate of drug-likeness (QED) is 0.612. The molecular weight excluding hydrogens is 334 g/mol. The van der Waals surface area contributed by atoms with E-state index in [-0.39, 0.29) is 5.69 Å². The molecule has 138 valence electrons. The second-order valence-corrected chi connectivity index (χ2v) is 6.45. The van der Waals surface area contributed by atoms with Crippen LogP contribution < -0.4 is 0 Å². The molecule has 1 aromatic heterocycles. The summed E-state index contributed by atoms with van der Waals surface area (Å²) < 4.78 is 0. The first-order valence-electron chi connectivity index (χ1n) is 8.58. The first-order chi connectivity index (χ1) is 12.5. The number of hydrogen-bond acceptors (Lipinski definition) is 7. The van der Waals surface area contributed by atoms with Crippen LogP contribution in [-0.4, -0.2) is 81.1 Å². The lowest BCUT2D eigenvalue weighted by atomic mass is 10.1. The van der Waals surface area contributed by atoms with Gasteiger partial charge in [0.2, 0.25) is 0 Å². The van der Waals surface area contributed by atoms with Gasteiger partial charge in [0.05, 0.1) is 0 Å². The minimum atomic E-state index is -1.00. The molecule has 1 saturated heterocycles. The topological polar surface area (TPSA) is 93.0 Å². The highest BCUT2D eigenvalue weighted by Gasteiger charge is 2.15. The van der Waals surface area contributed by atoms with Gasteiger partial charge in [-0.15, -0.1) is 0 Å². The average Bonchev–Trinajstić information content (AvgIpc) is 2.67. The maximum absolute atomic E-state index is 11.6. The number of rotatable bonds is 5. The SMILES string of the molecule is CN1CCN(CCc2ccc(-c3nccc(C(=O)N(O)O)n3)cc2)CC1. The maximum atomic E-state index is 11.6. The Morgan fingerprint density at radius 3 is 2.46 bits per heavy atom. The second-order valence-electron chi connectivity index (χ2n) is 6.45. The third-order valence-electron chi connectivity index (χ3n) is 4.58. The number of amides is 1. The molecule has 2 aromatic rings. The summed E-state index contributed by atoms with van der Waals surface area (Å²) in [5, 5.41) is 17.2. The standard InChI is InChI=1S/C18H23N5O3/c1-21-10-12-22(13-11-21)9-7-14-2-4-15(5-3-14)17-19-8-6-16(20-17)18(24)23(25)26/h2-6,8,25-26H,7,9-13H2,1H3. The van der Waals surface area contributed by atoms with Crippen LogP contribution in [0.4, 0.5) is 0 Å². The van der Waals surface area contributed by atoms with Gasteiger partial charge in [0, 0.05) is 44.5 Å². The summed E-state index contributed by atoms with van der Waals surface area (Å²) in [4.78, 5) is 24.6. The Bertz CT molecular complexity index is 743. The van der Waals surface area contributed by atoms with Crippen molar-refractivity contribution >= 4 is 5.91 Å². The van der Waals surface area contributed by atoms with E-state index < -0.39 is 11.1 Å². The molecule has 0 unspecified atom stereocenters. The number of carbonyl (C=O) groups excluding carboxylic acids is 1. The molecule has 2 N–H and O–H groups in total. The number of hydrogen-bond donors (Lipinski definition) is 2. The molecule has 1 fully saturated rings. The molecule has 3 rings (SSSR count). The summed E-state index contributed by atoms with van der Waals surface area (Å²) >= 11 is 0. The third-order valence-corrected chi connectivity index (χ3v) is 4.58. The Balaban J connectivity index is 1.62. The Hall–Kier alpha value is -2.39. The van der Waals surface area contributed by atoms with Crippen LogP contribution in [0.3, 0.4) is 0 Å². The molecular formula is C18H23N5O3. The fourth-order valence-electron chi connectivity index (χ4n) is 2.90. The Morgan fingerprint density at radius 1 is 1.12 bits per heavy atom. The number of piperazine rings is 1. The molecule has 26 heavy (non-hydrogen) atoms. The summed E-state index contributed by atoms with van der Waals surface area (Å²) in [5.41, 5.74) is 1.92. The number of benzene rings is 1. The normalized spacial score (nSPS) is 15.8. The Morgan fingerprint density at radius 2 is 1.81 bits per heavy atom. The molecule has 0 radical (unpaired) electrons. The van der Waals surface area contributed by atoms with Gasteiger partial charge in [-0.05, 0) is 25.1 Å². The lowest BCUT2D eigenvalue weighted by molar-refractivity contribution is -0.260. The highest BCUT2D eigenvalue weighted by Crippen LogP contribution is 2.16. The van der Waals surface area contributed by atoms with Crippen molar-refractivity contribution in [2.24, 2.45) is 0 Å². The third kappa shape index (κ3) is 4.61. The molecule has 1 aliphatic rings. The van der Waals surface area contributed by atoms with Crippen LogP contribution in [-0.2, 0) is 6.42 Å². The molecule has 1 aliphatic heterocycles. The van der Waals surface area contributed by atoms with E-state index in [1.807, 2.05) is 24.3 Å². The zero-order valence-corrected chi connectivity index (χ0v) is 14.7. The number of hydroxylamine groups is 2. The number of carbonyl (C=O) groups is 1. The fourth-order valence-corrected chi connectivity index (χ4v) is 2.90. The second kappa shape index (κ2) is 8.33. The highest BCUT2D eigenvalue weighted by atomic mass is 16.8. The van der Waals surface area contributed by atoms with Gasteiger partial charge in [0.1, 0.15) is 5.69 Å². The van der Waals surface area contributed by atoms with Crippen molar-refractivity contribution < 1.29 is 15.2 Å². The van der Waals surface area contributed by atoms with Crippen LogP contribution in [0.25, 0.3) is 11.4 Å². The minimum Gasteiger partial charge on any atom is -0.304 e. The zero-order valence-electron chi connectivity index (χ0n) is 14.7. The minimum absolute atomic E-state index is 0.0841. The van der Waals surface area contributed by atoms with E-state index in [1.165, 1.54) is 17.8 Å². The molecule has 0 atom stereocenters. The van der Waals surface area contributed by atoms with Crippen LogP contribution in [0.2, 0.25) is 0 Å². The van der Waals surface area contributed by atoms with Gasteiger partial charge < -0.3 is 9.80 Å². The summed E-state index contributed by atoms with van der Waals surface area (Å²) in [6, 6.07) is 9.23. The van der Waals surface area contributed by atoms with Crippen LogP contribution in [0, 0.1) is 0 Å². The molecule has 2 heterocycles. The van der Waals surface area contributed by atoms with E-state index in [9.17, 15) is 4.79 Å². The van der Waals surface area contributed by atoms with Crippen molar-refractivity contribution in [2.75, 3.05) is 39.8 Å². The van der Waals surface area contributed by atoms with Crippen molar-refractivity contribution in [1.82, 2.24) is 25.0 Å². The Kier molecular flexibility index (Phi) is 5.89. The summed E-state index contributed by atoms with van der Waals surface area (Å²) in [5.74, 6) is -0.638. The van der Waals surface area contributed by atoms with Gasteiger partial charge >= 0.3 is 5.91 Å². The molecule has 8 heteroatoms. The molecule has 1 aromatic carbocycles. The summed E-state index contributed by atoms with van der Waals surface area (Å²) in [7, 11) is 2.15. The predicted octanol–water partition coefficient (Wildman–Crippen LogP) is 1.15. The van der Waals surface area contributed by atoms with Gasteiger partial charge in [-0.25, -0.2) is 9.97 Å². The Labute approximate surface area is 152 Å². The predicted molar refractivity (Wildman–Crippen MR) is 94.9 cm³/mol. The summed E-state index contributed by atoms with van der Waals surface area (Å²) in [6.45, 7) is 5.48. The van der Waals surface area contributed by atoms with Crippen molar-refractivity contribution in [3.63, 3.8) is 0 Å². The van der Waals surface area contributed by atoms with Gasteiger partial charge in [0.15, 0.2) is 5.82 Å². The van der Waals surface area contributed by atoms with E-state index >= 15 is 0 Å². The molecule has 0 aliphatic carbocycles. The maximum Gasteiger partial charge on any atom is 0.321 e. The number of nitrogens with zero attached hydrogens (tertiary/aromatic N) is 5. The van der Waals surface area contributed by atoms with Crippen LogP contribution in [0.1, 0.15) is 16.1 Å². The lowest BCUT2D eigenvalue weighted by Crippen LogP contribution is -2.45. The first kappa shape index (κ1) is 18.4. The van der Waals surface area contributed by atoms with Gasteiger partial charge in [0.25, 0.3) is 0 Å². The zero-order chi connectivity index (χ0) is 18.5. The van der Waals surface area contributed by atoms with Crippen molar-refractivity contribution in [2.45, 2.75) is 6.42 Å². The van der Waals surface area contributed by atoms with Gasteiger partial charge in [-0.3, -0.25) is 15.2 Å². The molecule has 0 spiro atoms. The molecule has 0 saturated carbocycles. The van der Waals surface area contributed by atoms with Crippen LogP contribution >= 0.6 is 0 Å². The first-order valence-corrected chi connectivity index (χ1v) is 8.58. The molecule has 1 amide bonds. The molecule has 8 nitrogen and oxygen atoms in total. The van der Waals surface area contributed by atoms with E-state index in [4.69, 9.17) is 10.4 Å². The van der Waals surface area contributed by atoms with E-state index in [0.29, 0.717) is 5.82 Å². The fraction of sp³-hybridized carbons (Fsp3) is 0.389. The van der Waals surface area contributed by atoms with Crippen LogP contribution in [0.15, 0.2) is 36.5 Å². The summed E-state index contributed by atoms with van der Waals surface area (Å²) in [6.07, 6.45) is 2.40. The van der Waals surface area contributed by atoms with E-state index in [2.05, 4.69) is 26.8 Å². The van der Waals surface area contributed by atoms with E-state index in [0.717, 1.165) is 44.7 Å². The van der Waals surface area contributed by atoms with Gasteiger partial charge in [-0.2, -0.15) is 0 Å². The molecule has 0 bridgehead atoms. The van der Waals surface area contributed by atoms with Gasteiger partial charge in [-0.1, -0.05) is 29.5 Å². The van der Waals surface area contributed by atoms with Crippen molar-refractivity contribution in [3.05, 3.63) is 47.8 Å². The highest BCUT2D eigenvalue weighted by molar-refractivity contribution is 5.90. The van der Waals surface area contributed by atoms with Crippen LogP contribution in [0.5, 0.6) is 0 Å². The average molecular weight is 357 g/mol. The smallest absolute Gasteiger partial charge is 0.304 e. The lowest BCUT2D eigenvalue weighted by Gasteiger charge is -2.32. The number of aromatic nitrogens is 2. The van der Waals surface area contributed by atoms with Crippen molar-refractivity contribution in [3.8, 4) is 11.4 Å². The number of likely N-dealkylation sites (N-methyl/N-ethyl adjacent to an activating group) is 1. The monoisotopic (exact) mass is 357 g/mol.